The molecule has 1 N–H and O–H groups in total. The van der Waals surface area contributed by atoms with Crippen LogP contribution in [0.3, 0.4) is 0 Å². The van der Waals surface area contributed by atoms with E-state index in [1.54, 1.807) is 6.08 Å². The predicted molar refractivity (Wildman–Crippen MR) is 44.4 cm³/mol. The van der Waals surface area contributed by atoms with Crippen LogP contribution in [0.1, 0.15) is 1.43 Å². The molecule has 0 atom stereocenters. The molecule has 0 amide bonds. The number of carbonyl (C=O) groups is 1. The van der Waals surface area contributed by atoms with E-state index >= 15 is 0 Å². The maximum Gasteiger partial charge on any atom is 0.328 e. The summed E-state index contributed by atoms with van der Waals surface area (Å²) in [5.41, 5.74) is 0. The molecule has 0 aromatic carbocycles. The second-order valence-corrected chi connectivity index (χ2v) is 2.79. The highest BCUT2D eigenvalue weighted by molar-refractivity contribution is 5.79. The van der Waals surface area contributed by atoms with Crippen molar-refractivity contribution in [2.45, 2.75) is 0 Å². The lowest BCUT2D eigenvalue weighted by molar-refractivity contribution is -0.131. The molecular formula is C8H12N2O2. The number of nitrogens with zero attached hydrogens (tertiary/aromatic N) is 2. The summed E-state index contributed by atoms with van der Waals surface area (Å²) in [6, 6.07) is 2.15. The average molecular weight is 168 g/mol. The summed E-state index contributed by atoms with van der Waals surface area (Å²) in [4.78, 5) is 12.1. The molecule has 0 aromatic heterocycles. The lowest BCUT2D eigenvalue weighted by Gasteiger charge is -2.34. The first-order valence-corrected chi connectivity index (χ1v) is 3.74. The molecule has 1 saturated heterocycles. The van der Waals surface area contributed by atoms with Gasteiger partial charge in [-0.05, 0) is 0 Å². The van der Waals surface area contributed by atoms with Crippen LogP contribution < -0.4 is 0 Å². The first-order chi connectivity index (χ1) is 5.72. The van der Waals surface area contributed by atoms with Gasteiger partial charge in [0, 0.05) is 27.1 Å². The average Bonchev–Trinajstić information content (AvgIpc) is 1.93. The minimum atomic E-state index is -0.924. The molecule has 0 aromatic rings. The number of nitriles is 1. The van der Waals surface area contributed by atoms with Crippen LogP contribution in [0.25, 0.3) is 0 Å². The van der Waals surface area contributed by atoms with Crippen molar-refractivity contribution >= 4 is 5.97 Å². The smallest absolute Gasteiger partial charge is 0.328 e. The summed E-state index contributed by atoms with van der Waals surface area (Å²) in [5.74, 6) is -0.782. The van der Waals surface area contributed by atoms with Crippen LogP contribution in [0, 0.1) is 17.2 Å². The lowest BCUT2D eigenvalue weighted by atomic mass is 10.0. The van der Waals surface area contributed by atoms with E-state index in [4.69, 9.17) is 10.4 Å². The standard InChI is InChI=1S/C8H10N2O2.H2/c9-4-7-5-10(6-7)3-1-2-8(11)12;/h1-2,7H,3,5-6H2,(H,11,12);1H/b2-1+;. The van der Waals surface area contributed by atoms with Crippen LogP contribution in [0.2, 0.25) is 0 Å². The Balaban J connectivity index is 0.00000144. The molecule has 0 unspecified atom stereocenters. The van der Waals surface area contributed by atoms with Gasteiger partial charge in [0.05, 0.1) is 12.0 Å². The van der Waals surface area contributed by atoms with Crippen molar-refractivity contribution in [2.24, 2.45) is 5.92 Å². The molecule has 0 radical (unpaired) electrons. The van der Waals surface area contributed by atoms with Gasteiger partial charge in [-0.3, -0.25) is 4.90 Å². The summed E-state index contributed by atoms with van der Waals surface area (Å²) in [6.45, 7) is 2.16. The summed E-state index contributed by atoms with van der Waals surface area (Å²) in [6.07, 6.45) is 2.72. The SMILES string of the molecule is N#CC1CN(C/C=C/C(=O)O)C1.[HH]. The van der Waals surface area contributed by atoms with Crippen LogP contribution in [-0.2, 0) is 4.79 Å². The van der Waals surface area contributed by atoms with Gasteiger partial charge in [-0.25, -0.2) is 4.79 Å². The molecule has 1 rings (SSSR count). The highest BCUT2D eigenvalue weighted by atomic mass is 16.4. The van der Waals surface area contributed by atoms with Gasteiger partial charge < -0.3 is 5.11 Å². The summed E-state index contributed by atoms with van der Waals surface area (Å²) >= 11 is 0. The van der Waals surface area contributed by atoms with Gasteiger partial charge >= 0.3 is 5.97 Å². The Bertz CT molecular complexity index is 241. The highest BCUT2D eigenvalue weighted by Gasteiger charge is 2.24. The minimum Gasteiger partial charge on any atom is -0.478 e. The van der Waals surface area contributed by atoms with Crippen LogP contribution in [-0.4, -0.2) is 35.6 Å². The number of carboxylic acid groups (broad SMARTS) is 1. The predicted octanol–water partition coefficient (Wildman–Crippen LogP) is 0.329. The third-order valence-electron chi connectivity index (χ3n) is 1.76. The molecule has 0 aliphatic carbocycles. The van der Waals surface area contributed by atoms with Crippen molar-refractivity contribution in [3.8, 4) is 6.07 Å². The van der Waals surface area contributed by atoms with E-state index in [1.807, 2.05) is 4.90 Å². The zero-order valence-corrected chi connectivity index (χ0v) is 6.60. The Morgan fingerprint density at radius 2 is 2.50 bits per heavy atom. The van der Waals surface area contributed by atoms with Gasteiger partial charge in [0.15, 0.2) is 0 Å². The third kappa shape index (κ3) is 2.36. The molecule has 1 fully saturated rings. The fourth-order valence-corrected chi connectivity index (χ4v) is 1.10. The Labute approximate surface area is 72.2 Å². The molecule has 0 bridgehead atoms. The van der Waals surface area contributed by atoms with E-state index in [0.29, 0.717) is 6.54 Å². The van der Waals surface area contributed by atoms with Gasteiger partial charge in [-0.1, -0.05) is 6.08 Å². The molecule has 1 aliphatic heterocycles. The fourth-order valence-electron chi connectivity index (χ4n) is 1.10. The van der Waals surface area contributed by atoms with Gasteiger partial charge in [0.25, 0.3) is 0 Å². The molecule has 0 saturated carbocycles. The van der Waals surface area contributed by atoms with Crippen LogP contribution in [0.4, 0.5) is 0 Å². The molecule has 66 valence electrons. The molecule has 4 nitrogen and oxygen atoms in total. The number of hydrogen-bond donors (Lipinski definition) is 1. The molecule has 1 heterocycles. The second-order valence-electron chi connectivity index (χ2n) is 2.79. The van der Waals surface area contributed by atoms with Gasteiger partial charge in [0.1, 0.15) is 0 Å². The Kier molecular flexibility index (Phi) is 2.83. The minimum absolute atomic E-state index is 0. The summed E-state index contributed by atoms with van der Waals surface area (Å²) in [7, 11) is 0. The van der Waals surface area contributed by atoms with Crippen molar-refractivity contribution in [1.82, 2.24) is 4.90 Å². The van der Waals surface area contributed by atoms with Crippen molar-refractivity contribution in [3.63, 3.8) is 0 Å². The second kappa shape index (κ2) is 3.88. The van der Waals surface area contributed by atoms with Crippen molar-refractivity contribution in [2.75, 3.05) is 19.6 Å². The number of hydrogen-bond acceptors (Lipinski definition) is 3. The highest BCUT2D eigenvalue weighted by Crippen LogP contribution is 2.12. The molecule has 12 heavy (non-hydrogen) atoms. The van der Waals surface area contributed by atoms with E-state index < -0.39 is 5.97 Å². The zero-order valence-electron chi connectivity index (χ0n) is 6.60. The lowest BCUT2D eigenvalue weighted by Crippen LogP contribution is -2.45. The van der Waals surface area contributed by atoms with E-state index in [2.05, 4.69) is 6.07 Å². The Morgan fingerprint density at radius 1 is 1.83 bits per heavy atom. The molecular weight excluding hydrogens is 156 g/mol. The largest absolute Gasteiger partial charge is 0.478 e. The summed E-state index contributed by atoms with van der Waals surface area (Å²) < 4.78 is 0. The first-order valence-electron chi connectivity index (χ1n) is 3.74. The van der Waals surface area contributed by atoms with E-state index in [9.17, 15) is 4.79 Å². The van der Waals surface area contributed by atoms with Crippen molar-refractivity contribution in [3.05, 3.63) is 12.2 Å². The molecule has 1 aliphatic rings. The van der Waals surface area contributed by atoms with E-state index in [1.165, 1.54) is 0 Å². The van der Waals surface area contributed by atoms with E-state index in [-0.39, 0.29) is 7.34 Å². The summed E-state index contributed by atoms with van der Waals surface area (Å²) in [5, 5.41) is 16.7. The quantitative estimate of drug-likeness (QED) is 0.617. The maximum atomic E-state index is 10.0. The van der Waals surface area contributed by atoms with Crippen LogP contribution in [0.15, 0.2) is 12.2 Å². The maximum absolute atomic E-state index is 10.0. The number of rotatable bonds is 3. The number of aliphatic carboxylic acids is 1. The fraction of sp³-hybridized carbons (Fsp3) is 0.500. The zero-order chi connectivity index (χ0) is 8.97. The Hall–Kier alpha value is -1.34. The van der Waals surface area contributed by atoms with Crippen molar-refractivity contribution < 1.29 is 11.3 Å². The van der Waals surface area contributed by atoms with Gasteiger partial charge in [-0.15, -0.1) is 0 Å². The number of carboxylic acids is 1. The topological polar surface area (TPSA) is 64.3 Å². The first kappa shape index (κ1) is 8.75. The molecule has 4 heteroatoms. The van der Waals surface area contributed by atoms with Gasteiger partial charge in [0.2, 0.25) is 0 Å². The van der Waals surface area contributed by atoms with Crippen LogP contribution in [0.5, 0.6) is 0 Å². The Morgan fingerprint density at radius 3 is 3.00 bits per heavy atom. The molecule has 0 spiro atoms. The van der Waals surface area contributed by atoms with Gasteiger partial charge in [-0.2, -0.15) is 5.26 Å². The van der Waals surface area contributed by atoms with Crippen molar-refractivity contribution in [1.29, 1.82) is 5.26 Å². The normalized spacial score (nSPS) is 18.9. The van der Waals surface area contributed by atoms with E-state index in [0.717, 1.165) is 19.2 Å². The van der Waals surface area contributed by atoms with Crippen LogP contribution >= 0.6 is 0 Å². The monoisotopic (exact) mass is 168 g/mol. The third-order valence-corrected chi connectivity index (χ3v) is 1.76. The number of likely N-dealkylation sites (tertiary alicyclic amines) is 1.